The van der Waals surface area contributed by atoms with Crippen molar-refractivity contribution in [3.63, 3.8) is 0 Å². The van der Waals surface area contributed by atoms with Gasteiger partial charge in [0.15, 0.2) is 0 Å². The van der Waals surface area contributed by atoms with Crippen LogP contribution in [0.3, 0.4) is 0 Å². The summed E-state index contributed by atoms with van der Waals surface area (Å²) in [6.07, 6.45) is 3.22. The second kappa shape index (κ2) is 11.0. The van der Waals surface area contributed by atoms with E-state index in [4.69, 9.17) is 16.3 Å². The Bertz CT molecular complexity index is 791. The van der Waals surface area contributed by atoms with Gasteiger partial charge in [0.1, 0.15) is 12.4 Å². The average Bonchev–Trinajstić information content (AvgIpc) is 2.68. The lowest BCUT2D eigenvalue weighted by Gasteiger charge is -2.07. The number of hydrogen-bond donors (Lipinski definition) is 2. The first-order chi connectivity index (χ1) is 13.1. The van der Waals surface area contributed by atoms with Crippen LogP contribution in [0.15, 0.2) is 53.6 Å². The molecule has 2 aromatic carbocycles. The quantitative estimate of drug-likeness (QED) is 0.315. The summed E-state index contributed by atoms with van der Waals surface area (Å²) in [5.74, 6) is -0.794. The van der Waals surface area contributed by atoms with Crippen molar-refractivity contribution in [3.8, 4) is 5.75 Å². The molecule has 7 heteroatoms. The van der Waals surface area contributed by atoms with Crippen LogP contribution in [-0.4, -0.2) is 24.6 Å². The van der Waals surface area contributed by atoms with E-state index in [1.807, 2.05) is 31.2 Å². The van der Waals surface area contributed by atoms with Gasteiger partial charge in [-0.1, -0.05) is 43.1 Å². The number of rotatable bonds is 8. The molecular formula is C20H22ClN3O3. The summed E-state index contributed by atoms with van der Waals surface area (Å²) in [6.45, 7) is 2.85. The Kier molecular flexibility index (Phi) is 8.32. The van der Waals surface area contributed by atoms with Gasteiger partial charge in [-0.15, -0.1) is 0 Å². The van der Waals surface area contributed by atoms with Crippen molar-refractivity contribution in [3.05, 3.63) is 64.7 Å². The van der Waals surface area contributed by atoms with Crippen LogP contribution in [0.5, 0.6) is 5.75 Å². The normalized spacial score (nSPS) is 10.6. The van der Waals surface area contributed by atoms with E-state index in [1.165, 1.54) is 6.21 Å². The smallest absolute Gasteiger partial charge is 0.329 e. The predicted molar refractivity (Wildman–Crippen MR) is 106 cm³/mol. The molecule has 0 aliphatic rings. The molecule has 2 amide bonds. The van der Waals surface area contributed by atoms with Crippen LogP contribution in [0.2, 0.25) is 5.02 Å². The van der Waals surface area contributed by atoms with Crippen molar-refractivity contribution >= 4 is 29.6 Å². The number of ether oxygens (including phenoxy) is 1. The molecule has 0 aromatic heterocycles. The van der Waals surface area contributed by atoms with E-state index in [1.54, 1.807) is 24.3 Å². The molecule has 0 aliphatic carbocycles. The Morgan fingerprint density at radius 3 is 2.56 bits per heavy atom. The number of carbonyl (C=O) groups excluding carboxylic acids is 2. The average molecular weight is 388 g/mol. The Hall–Kier alpha value is -2.86. The molecule has 0 bridgehead atoms. The lowest BCUT2D eigenvalue weighted by molar-refractivity contribution is -0.139. The molecule has 0 atom stereocenters. The molecule has 0 saturated carbocycles. The van der Waals surface area contributed by atoms with Crippen molar-refractivity contribution in [2.24, 2.45) is 5.10 Å². The number of unbranched alkanes of at least 4 members (excludes halogenated alkanes) is 1. The van der Waals surface area contributed by atoms with Crippen LogP contribution in [-0.2, 0) is 16.2 Å². The van der Waals surface area contributed by atoms with Crippen molar-refractivity contribution < 1.29 is 14.3 Å². The fourth-order valence-corrected chi connectivity index (χ4v) is 2.29. The molecule has 0 saturated heterocycles. The van der Waals surface area contributed by atoms with Crippen LogP contribution in [0, 0.1) is 0 Å². The van der Waals surface area contributed by atoms with Gasteiger partial charge in [-0.25, -0.2) is 5.43 Å². The predicted octanol–water partition coefficient (Wildman–Crippen LogP) is 3.29. The molecule has 0 radical (unpaired) electrons. The van der Waals surface area contributed by atoms with Gasteiger partial charge in [0.05, 0.1) is 6.21 Å². The summed E-state index contributed by atoms with van der Waals surface area (Å²) in [5, 5.41) is 6.96. The number of amides is 2. The number of nitrogens with zero attached hydrogens (tertiary/aromatic N) is 1. The number of halogens is 1. The molecule has 2 N–H and O–H groups in total. The van der Waals surface area contributed by atoms with Crippen molar-refractivity contribution in [2.45, 2.75) is 26.4 Å². The van der Waals surface area contributed by atoms with Crippen LogP contribution < -0.4 is 15.5 Å². The van der Waals surface area contributed by atoms with Crippen LogP contribution in [0.4, 0.5) is 0 Å². The number of hydrazone groups is 1. The minimum atomic E-state index is -0.790. The number of nitrogens with one attached hydrogen (secondary N) is 2. The number of benzene rings is 2. The van der Waals surface area contributed by atoms with Crippen molar-refractivity contribution in [1.29, 1.82) is 0 Å². The lowest BCUT2D eigenvalue weighted by atomic mass is 10.2. The molecule has 6 nitrogen and oxygen atoms in total. The third-order valence-electron chi connectivity index (χ3n) is 3.63. The molecule has 0 unspecified atom stereocenters. The van der Waals surface area contributed by atoms with Crippen LogP contribution >= 0.6 is 11.6 Å². The first-order valence-electron chi connectivity index (χ1n) is 8.67. The standard InChI is InChI=1S/C20H22ClN3O3/c1-2-3-12-22-19(25)20(26)24-23-13-15-8-10-17(11-9-15)27-14-16-6-4-5-7-18(16)21/h4-11,13H,2-3,12,14H2,1H3,(H,22,25)(H,24,26)/b23-13-. The third-order valence-corrected chi connectivity index (χ3v) is 4.00. The highest BCUT2D eigenvalue weighted by Gasteiger charge is 2.10. The zero-order valence-electron chi connectivity index (χ0n) is 15.1. The van der Waals surface area contributed by atoms with Gasteiger partial charge in [0.25, 0.3) is 0 Å². The summed E-state index contributed by atoms with van der Waals surface area (Å²) in [7, 11) is 0. The summed E-state index contributed by atoms with van der Waals surface area (Å²) in [5.41, 5.74) is 3.86. The Morgan fingerprint density at radius 1 is 1.11 bits per heavy atom. The monoisotopic (exact) mass is 387 g/mol. The van der Waals surface area contributed by atoms with Crippen LogP contribution in [0.25, 0.3) is 0 Å². The zero-order chi connectivity index (χ0) is 19.5. The van der Waals surface area contributed by atoms with E-state index in [9.17, 15) is 9.59 Å². The van der Waals surface area contributed by atoms with E-state index >= 15 is 0 Å². The van der Waals surface area contributed by atoms with Crippen LogP contribution in [0.1, 0.15) is 30.9 Å². The topological polar surface area (TPSA) is 79.8 Å². The van der Waals surface area contributed by atoms with E-state index in [2.05, 4.69) is 15.8 Å². The van der Waals surface area contributed by atoms with Gasteiger partial charge in [-0.2, -0.15) is 5.10 Å². The highest BCUT2D eigenvalue weighted by atomic mass is 35.5. The van der Waals surface area contributed by atoms with E-state index in [-0.39, 0.29) is 0 Å². The number of carbonyl (C=O) groups is 2. The molecule has 27 heavy (non-hydrogen) atoms. The van der Waals surface area contributed by atoms with Gasteiger partial charge < -0.3 is 10.1 Å². The maximum atomic E-state index is 11.6. The molecule has 2 rings (SSSR count). The second-order valence-corrected chi connectivity index (χ2v) is 6.16. The molecule has 142 valence electrons. The molecule has 0 fully saturated rings. The van der Waals surface area contributed by atoms with E-state index < -0.39 is 11.8 Å². The second-order valence-electron chi connectivity index (χ2n) is 5.76. The summed E-state index contributed by atoms with van der Waals surface area (Å²) in [4.78, 5) is 23.1. The summed E-state index contributed by atoms with van der Waals surface area (Å²) in [6, 6.07) is 14.7. The first kappa shape index (κ1) is 20.5. The van der Waals surface area contributed by atoms with E-state index in [0.29, 0.717) is 23.9 Å². The van der Waals surface area contributed by atoms with Gasteiger partial charge in [-0.05, 0) is 42.3 Å². The van der Waals surface area contributed by atoms with Gasteiger partial charge in [-0.3, -0.25) is 9.59 Å². The number of hydrogen-bond acceptors (Lipinski definition) is 4. The van der Waals surface area contributed by atoms with Gasteiger partial charge in [0.2, 0.25) is 0 Å². The zero-order valence-corrected chi connectivity index (χ0v) is 15.8. The summed E-state index contributed by atoms with van der Waals surface area (Å²) >= 11 is 6.10. The van der Waals surface area contributed by atoms with E-state index in [0.717, 1.165) is 24.0 Å². The molecule has 0 heterocycles. The summed E-state index contributed by atoms with van der Waals surface area (Å²) < 4.78 is 5.70. The fourth-order valence-electron chi connectivity index (χ4n) is 2.10. The maximum absolute atomic E-state index is 11.6. The fraction of sp³-hybridized carbons (Fsp3) is 0.250. The highest BCUT2D eigenvalue weighted by molar-refractivity contribution is 6.35. The molecule has 0 spiro atoms. The Balaban J connectivity index is 1.79. The SMILES string of the molecule is CCCCNC(=O)C(=O)N/N=C\c1ccc(OCc2ccccc2Cl)cc1. The first-order valence-corrected chi connectivity index (χ1v) is 9.05. The third kappa shape index (κ3) is 7.11. The highest BCUT2D eigenvalue weighted by Crippen LogP contribution is 2.18. The van der Waals surface area contributed by atoms with Gasteiger partial charge in [0, 0.05) is 17.1 Å². The Morgan fingerprint density at radius 2 is 1.85 bits per heavy atom. The maximum Gasteiger partial charge on any atom is 0.329 e. The molecule has 2 aromatic rings. The largest absolute Gasteiger partial charge is 0.489 e. The van der Waals surface area contributed by atoms with Crippen molar-refractivity contribution in [1.82, 2.24) is 10.7 Å². The molecule has 0 aliphatic heterocycles. The minimum absolute atomic E-state index is 0.371. The lowest BCUT2D eigenvalue weighted by Crippen LogP contribution is -2.38. The molecular weight excluding hydrogens is 366 g/mol. The van der Waals surface area contributed by atoms with Gasteiger partial charge >= 0.3 is 11.8 Å². The van der Waals surface area contributed by atoms with Crippen molar-refractivity contribution in [2.75, 3.05) is 6.54 Å². The Labute approximate surface area is 163 Å². The minimum Gasteiger partial charge on any atom is -0.489 e.